The number of amides is 1. The number of carboxylic acid groups (broad SMARTS) is 1. The lowest BCUT2D eigenvalue weighted by atomic mass is 10.1. The number of ether oxygens (including phenoxy) is 1. The number of aliphatic carboxylic acids is 1. The zero-order chi connectivity index (χ0) is 18.1. The van der Waals surface area contributed by atoms with Crippen molar-refractivity contribution in [2.45, 2.75) is 12.5 Å². The zero-order valence-corrected chi connectivity index (χ0v) is 14.4. The van der Waals surface area contributed by atoms with Crippen LogP contribution in [0.2, 0.25) is 0 Å². The van der Waals surface area contributed by atoms with Gasteiger partial charge in [-0.05, 0) is 6.07 Å². The molecule has 2 aliphatic heterocycles. The number of carboxylic acids is 1. The molecule has 2 atom stereocenters. The first-order valence-electron chi connectivity index (χ1n) is 8.83. The van der Waals surface area contributed by atoms with Crippen LogP contribution < -0.4 is 0 Å². The van der Waals surface area contributed by atoms with E-state index in [1.165, 1.54) is 0 Å². The predicted octanol–water partition coefficient (Wildman–Crippen LogP) is 0.349. The lowest BCUT2D eigenvalue weighted by molar-refractivity contribution is -0.138. The number of aromatic amines is 1. The maximum absolute atomic E-state index is 13.0. The van der Waals surface area contributed by atoms with Crippen LogP contribution in [-0.4, -0.2) is 82.4 Å². The molecular weight excluding hydrogens is 336 g/mol. The van der Waals surface area contributed by atoms with Crippen molar-refractivity contribution in [3.8, 4) is 0 Å². The number of aromatic nitrogens is 2. The third-order valence-electron chi connectivity index (χ3n) is 5.09. The molecule has 0 aliphatic carbocycles. The van der Waals surface area contributed by atoms with Gasteiger partial charge in [0.15, 0.2) is 0 Å². The van der Waals surface area contributed by atoms with Crippen LogP contribution in [0.3, 0.4) is 0 Å². The Hall–Kier alpha value is -2.45. The molecule has 8 heteroatoms. The van der Waals surface area contributed by atoms with E-state index in [4.69, 9.17) is 9.84 Å². The van der Waals surface area contributed by atoms with Gasteiger partial charge in [-0.15, -0.1) is 0 Å². The van der Waals surface area contributed by atoms with Crippen molar-refractivity contribution in [3.05, 3.63) is 30.0 Å². The lowest BCUT2D eigenvalue weighted by Gasteiger charge is -2.30. The van der Waals surface area contributed by atoms with Gasteiger partial charge in [0.05, 0.1) is 43.4 Å². The van der Waals surface area contributed by atoms with E-state index < -0.39 is 5.97 Å². The van der Waals surface area contributed by atoms with Crippen molar-refractivity contribution in [1.29, 1.82) is 0 Å². The molecule has 3 heterocycles. The quantitative estimate of drug-likeness (QED) is 0.818. The second-order valence-electron chi connectivity index (χ2n) is 7.09. The smallest absolute Gasteiger partial charge is 0.317 e. The van der Waals surface area contributed by atoms with Gasteiger partial charge < -0.3 is 14.7 Å². The van der Waals surface area contributed by atoms with Crippen LogP contribution in [0.15, 0.2) is 24.3 Å². The van der Waals surface area contributed by atoms with Crippen LogP contribution in [0.25, 0.3) is 10.9 Å². The second-order valence-corrected chi connectivity index (χ2v) is 7.09. The number of nitrogens with one attached hydrogen (secondary N) is 1. The molecule has 4 rings (SSSR count). The minimum Gasteiger partial charge on any atom is -0.480 e. The van der Waals surface area contributed by atoms with Crippen LogP contribution >= 0.6 is 0 Å². The standard InChI is InChI=1S/C18H22N4O4/c23-17(5-16-14-3-1-2-4-15(14)19-20-16)22-7-12-6-21(9-18(24)25)8-13(22)11-26-10-12/h1-4,12-13H,5-11H2,(H,19,20)(H,24,25)/t12-,13-/m0/s1. The van der Waals surface area contributed by atoms with E-state index in [-0.39, 0.29) is 30.8 Å². The minimum absolute atomic E-state index is 0.000215. The number of H-pyrrole nitrogens is 1. The summed E-state index contributed by atoms with van der Waals surface area (Å²) in [5.74, 6) is -0.686. The van der Waals surface area contributed by atoms with Crippen LogP contribution in [0.1, 0.15) is 5.69 Å². The highest BCUT2D eigenvalue weighted by Gasteiger charge is 2.36. The maximum Gasteiger partial charge on any atom is 0.317 e. The number of carbonyl (C=O) groups is 2. The zero-order valence-electron chi connectivity index (χ0n) is 14.4. The van der Waals surface area contributed by atoms with E-state index in [0.29, 0.717) is 32.8 Å². The number of rotatable bonds is 4. The summed E-state index contributed by atoms with van der Waals surface area (Å²) >= 11 is 0. The molecule has 0 radical (unpaired) electrons. The molecule has 0 saturated carbocycles. The van der Waals surface area contributed by atoms with Gasteiger partial charge in [0.2, 0.25) is 5.91 Å². The van der Waals surface area contributed by atoms with Crippen molar-refractivity contribution in [2.24, 2.45) is 5.92 Å². The molecule has 2 N–H and O–H groups in total. The van der Waals surface area contributed by atoms with Gasteiger partial charge >= 0.3 is 5.97 Å². The van der Waals surface area contributed by atoms with Crippen molar-refractivity contribution in [3.63, 3.8) is 0 Å². The Morgan fingerprint density at radius 1 is 1.23 bits per heavy atom. The first kappa shape index (κ1) is 17.0. The van der Waals surface area contributed by atoms with E-state index in [0.717, 1.165) is 16.6 Å². The highest BCUT2D eigenvalue weighted by molar-refractivity contribution is 5.87. The van der Waals surface area contributed by atoms with E-state index in [1.54, 1.807) is 0 Å². The Balaban J connectivity index is 1.52. The van der Waals surface area contributed by atoms with Gasteiger partial charge in [-0.3, -0.25) is 19.6 Å². The Labute approximate surface area is 150 Å². The number of hydrogen-bond acceptors (Lipinski definition) is 5. The minimum atomic E-state index is -0.840. The largest absolute Gasteiger partial charge is 0.480 e. The molecule has 1 aromatic carbocycles. The molecule has 2 bridgehead atoms. The number of carbonyl (C=O) groups excluding carboxylic acids is 1. The van der Waals surface area contributed by atoms with Crippen molar-refractivity contribution < 1.29 is 19.4 Å². The molecule has 0 unspecified atom stereocenters. The Kier molecular flexibility index (Phi) is 4.60. The summed E-state index contributed by atoms with van der Waals surface area (Å²) in [6.07, 6.45) is 0.253. The lowest BCUT2D eigenvalue weighted by Crippen LogP contribution is -2.47. The monoisotopic (exact) mass is 358 g/mol. The first-order chi connectivity index (χ1) is 12.6. The topological polar surface area (TPSA) is 98.8 Å². The molecule has 1 aromatic heterocycles. The van der Waals surface area contributed by atoms with E-state index >= 15 is 0 Å². The maximum atomic E-state index is 13.0. The summed E-state index contributed by atoms with van der Waals surface area (Å²) < 4.78 is 5.71. The van der Waals surface area contributed by atoms with Gasteiger partial charge in [0, 0.05) is 30.9 Å². The summed E-state index contributed by atoms with van der Waals surface area (Å²) in [6.45, 7) is 2.77. The Morgan fingerprint density at radius 3 is 2.92 bits per heavy atom. The normalized spacial score (nSPS) is 23.8. The van der Waals surface area contributed by atoms with Gasteiger partial charge in [0.1, 0.15) is 0 Å². The summed E-state index contributed by atoms with van der Waals surface area (Å²) in [5.41, 5.74) is 1.66. The van der Waals surface area contributed by atoms with Gasteiger partial charge in [-0.25, -0.2) is 0 Å². The summed E-state index contributed by atoms with van der Waals surface area (Å²) in [7, 11) is 0. The number of para-hydroxylation sites is 1. The molecule has 2 aliphatic rings. The number of benzene rings is 1. The fraction of sp³-hybridized carbons (Fsp3) is 0.500. The van der Waals surface area contributed by atoms with E-state index in [2.05, 4.69) is 10.2 Å². The van der Waals surface area contributed by atoms with Gasteiger partial charge in [-0.2, -0.15) is 5.10 Å². The van der Waals surface area contributed by atoms with Crippen LogP contribution in [0.4, 0.5) is 0 Å². The van der Waals surface area contributed by atoms with E-state index in [9.17, 15) is 9.59 Å². The fourth-order valence-corrected chi connectivity index (χ4v) is 3.97. The van der Waals surface area contributed by atoms with Crippen molar-refractivity contribution in [2.75, 3.05) is 39.4 Å². The fourth-order valence-electron chi connectivity index (χ4n) is 3.97. The molecule has 1 amide bonds. The average Bonchev–Trinajstić information content (AvgIpc) is 2.77. The molecule has 2 aromatic rings. The number of fused-ring (bicyclic) bond motifs is 4. The summed E-state index contributed by atoms with van der Waals surface area (Å²) in [4.78, 5) is 27.9. The molecular formula is C18H22N4O4. The van der Waals surface area contributed by atoms with Gasteiger partial charge in [0.25, 0.3) is 0 Å². The average molecular weight is 358 g/mol. The molecule has 2 saturated heterocycles. The molecule has 0 spiro atoms. The molecule has 26 heavy (non-hydrogen) atoms. The van der Waals surface area contributed by atoms with Crippen LogP contribution in [-0.2, 0) is 20.7 Å². The molecule has 138 valence electrons. The van der Waals surface area contributed by atoms with Crippen LogP contribution in [0, 0.1) is 5.92 Å². The third kappa shape index (κ3) is 3.42. The summed E-state index contributed by atoms with van der Waals surface area (Å²) in [5, 5.41) is 17.3. The predicted molar refractivity (Wildman–Crippen MR) is 93.7 cm³/mol. The van der Waals surface area contributed by atoms with Crippen molar-refractivity contribution in [1.82, 2.24) is 20.0 Å². The Bertz CT molecular complexity index is 820. The highest BCUT2D eigenvalue weighted by atomic mass is 16.5. The number of hydrogen-bond donors (Lipinski definition) is 2. The molecule has 2 fully saturated rings. The van der Waals surface area contributed by atoms with Gasteiger partial charge in [-0.1, -0.05) is 18.2 Å². The number of nitrogens with zero attached hydrogens (tertiary/aromatic N) is 3. The first-order valence-corrected chi connectivity index (χ1v) is 8.83. The summed E-state index contributed by atoms with van der Waals surface area (Å²) in [6, 6.07) is 7.60. The Morgan fingerprint density at radius 2 is 2.08 bits per heavy atom. The SMILES string of the molecule is O=C(O)CN1C[C@@H]2COC[C@H](C1)N(C(=O)Cc1[nH]nc3ccccc13)C2. The highest BCUT2D eigenvalue weighted by Crippen LogP contribution is 2.22. The second kappa shape index (κ2) is 7.05. The van der Waals surface area contributed by atoms with E-state index in [1.807, 2.05) is 34.1 Å². The third-order valence-corrected chi connectivity index (χ3v) is 5.09. The molecule has 8 nitrogen and oxygen atoms in total. The van der Waals surface area contributed by atoms with Crippen molar-refractivity contribution >= 4 is 22.8 Å². The van der Waals surface area contributed by atoms with Crippen LogP contribution in [0.5, 0.6) is 0 Å².